The van der Waals surface area contributed by atoms with Gasteiger partial charge in [-0.1, -0.05) is 36.4 Å². The molecule has 2 atom stereocenters. The molecule has 1 aliphatic heterocycles. The molecule has 0 saturated carbocycles. The van der Waals surface area contributed by atoms with Gasteiger partial charge in [-0.3, -0.25) is 25.2 Å². The smallest absolute Gasteiger partial charge is 0.408 e. The number of rotatable bonds is 6. The van der Waals surface area contributed by atoms with Crippen molar-refractivity contribution in [3.63, 3.8) is 0 Å². The lowest BCUT2D eigenvalue weighted by molar-refractivity contribution is -0.123. The first kappa shape index (κ1) is 27.1. The predicted octanol–water partition coefficient (Wildman–Crippen LogP) is 3.88. The lowest BCUT2D eigenvalue weighted by Crippen LogP contribution is -2.53. The van der Waals surface area contributed by atoms with E-state index in [1.54, 1.807) is 31.9 Å². The first-order chi connectivity index (χ1) is 18.1. The largest absolute Gasteiger partial charge is 0.444 e. The number of carbonyl (C=O) groups is 4. The minimum atomic E-state index is -1.03. The van der Waals surface area contributed by atoms with Crippen LogP contribution in [0.2, 0.25) is 0 Å². The summed E-state index contributed by atoms with van der Waals surface area (Å²) in [6, 6.07) is 15.8. The van der Waals surface area contributed by atoms with Crippen molar-refractivity contribution in [2.24, 2.45) is 0 Å². The summed E-state index contributed by atoms with van der Waals surface area (Å²) in [5, 5.41) is 2.38. The van der Waals surface area contributed by atoms with Crippen LogP contribution in [-0.4, -0.2) is 51.6 Å². The monoisotopic (exact) mass is 537 g/mol. The van der Waals surface area contributed by atoms with Gasteiger partial charge in [0, 0.05) is 35.8 Å². The second-order valence-corrected chi connectivity index (χ2v) is 11.1. The average Bonchev–Trinajstić information content (AvgIpc) is 3.45. The molecule has 11 heteroatoms. The Morgan fingerprint density at radius 2 is 1.79 bits per heavy atom. The van der Waals surface area contributed by atoms with Crippen LogP contribution >= 0.6 is 11.8 Å². The van der Waals surface area contributed by atoms with Crippen LogP contribution in [0, 0.1) is 0 Å². The van der Waals surface area contributed by atoms with Crippen molar-refractivity contribution in [3.05, 3.63) is 66.4 Å². The number of aromatic amines is 1. The number of alkyl carbamates (subject to hydrolysis) is 1. The second kappa shape index (κ2) is 11.6. The van der Waals surface area contributed by atoms with Gasteiger partial charge in [0.25, 0.3) is 11.1 Å². The van der Waals surface area contributed by atoms with Gasteiger partial charge in [0.1, 0.15) is 11.6 Å². The van der Waals surface area contributed by atoms with Crippen LogP contribution in [0.5, 0.6) is 0 Å². The molecule has 3 aromatic rings. The predicted molar refractivity (Wildman–Crippen MR) is 147 cm³/mol. The molecule has 0 spiro atoms. The van der Waals surface area contributed by atoms with Gasteiger partial charge in [-0.2, -0.15) is 0 Å². The zero-order valence-electron chi connectivity index (χ0n) is 21.4. The van der Waals surface area contributed by atoms with E-state index in [1.807, 2.05) is 54.6 Å². The van der Waals surface area contributed by atoms with E-state index < -0.39 is 34.1 Å². The molecule has 1 aromatic heterocycles. The van der Waals surface area contributed by atoms with E-state index in [1.165, 1.54) is 0 Å². The van der Waals surface area contributed by atoms with Crippen molar-refractivity contribution in [2.75, 3.05) is 11.4 Å². The van der Waals surface area contributed by atoms with Gasteiger partial charge in [0.2, 0.25) is 5.91 Å². The van der Waals surface area contributed by atoms with Crippen molar-refractivity contribution in [1.82, 2.24) is 21.2 Å². The molecule has 0 radical (unpaired) electrons. The third-order valence-corrected chi connectivity index (χ3v) is 6.91. The summed E-state index contributed by atoms with van der Waals surface area (Å²) < 4.78 is 5.33. The number of nitrogens with zero attached hydrogens (tertiary/aromatic N) is 1. The molecule has 1 fully saturated rings. The molecule has 0 bridgehead atoms. The van der Waals surface area contributed by atoms with Crippen LogP contribution < -0.4 is 21.1 Å². The maximum Gasteiger partial charge on any atom is 0.408 e. The van der Waals surface area contributed by atoms with E-state index in [9.17, 15) is 19.2 Å². The molecular formula is C27H31N5O5S. The molecule has 1 saturated heterocycles. The molecule has 2 heterocycles. The maximum absolute atomic E-state index is 13.1. The second-order valence-electron chi connectivity index (χ2n) is 9.88. The molecule has 4 N–H and O–H groups in total. The SMILES string of the molecule is CC(C)(C)OC(=O)N[C@@H](Cc1c[nH]c2ccccc12)C(=O)NNC(=O)SC1CCN(c2ccccc2)C1=O. The van der Waals surface area contributed by atoms with Gasteiger partial charge >= 0.3 is 6.09 Å². The highest BCUT2D eigenvalue weighted by molar-refractivity contribution is 8.14. The number of thioether (sulfide) groups is 1. The van der Waals surface area contributed by atoms with E-state index >= 15 is 0 Å². The molecule has 2 aromatic carbocycles. The minimum Gasteiger partial charge on any atom is -0.444 e. The summed E-state index contributed by atoms with van der Waals surface area (Å²) in [4.78, 5) is 55.7. The van der Waals surface area contributed by atoms with Gasteiger partial charge < -0.3 is 19.9 Å². The summed E-state index contributed by atoms with van der Waals surface area (Å²) in [6.45, 7) is 5.68. The Labute approximate surface area is 224 Å². The van der Waals surface area contributed by atoms with E-state index in [0.717, 1.165) is 33.9 Å². The number of carbonyl (C=O) groups excluding carboxylic acids is 4. The van der Waals surface area contributed by atoms with Gasteiger partial charge in [-0.25, -0.2) is 4.79 Å². The van der Waals surface area contributed by atoms with Crippen LogP contribution in [0.3, 0.4) is 0 Å². The van der Waals surface area contributed by atoms with Gasteiger partial charge in [0.05, 0.1) is 5.25 Å². The number of aromatic nitrogens is 1. The summed E-state index contributed by atoms with van der Waals surface area (Å²) in [5.41, 5.74) is 6.48. The van der Waals surface area contributed by atoms with Gasteiger partial charge in [0.15, 0.2) is 0 Å². The molecule has 200 valence electrons. The van der Waals surface area contributed by atoms with E-state index in [0.29, 0.717) is 13.0 Å². The first-order valence-corrected chi connectivity index (χ1v) is 13.2. The zero-order valence-corrected chi connectivity index (χ0v) is 22.3. The minimum absolute atomic E-state index is 0.158. The third kappa shape index (κ3) is 6.86. The summed E-state index contributed by atoms with van der Waals surface area (Å²) in [6.07, 6.45) is 1.69. The highest BCUT2D eigenvalue weighted by atomic mass is 32.2. The Morgan fingerprint density at radius 1 is 1.08 bits per heavy atom. The first-order valence-electron chi connectivity index (χ1n) is 12.3. The van der Waals surface area contributed by atoms with Crippen molar-refractivity contribution in [2.45, 2.75) is 50.5 Å². The van der Waals surface area contributed by atoms with Crippen molar-refractivity contribution >= 4 is 51.5 Å². The Hall–Kier alpha value is -3.99. The number of ether oxygens (including phenoxy) is 1. The Bertz CT molecular complexity index is 1320. The summed E-state index contributed by atoms with van der Waals surface area (Å²) in [7, 11) is 0. The molecule has 1 aliphatic rings. The maximum atomic E-state index is 13.1. The number of para-hydroxylation sites is 2. The van der Waals surface area contributed by atoms with Crippen LogP contribution in [0.1, 0.15) is 32.8 Å². The Kier molecular flexibility index (Phi) is 8.26. The number of benzene rings is 2. The number of fused-ring (bicyclic) bond motifs is 1. The molecule has 4 amide bonds. The summed E-state index contributed by atoms with van der Waals surface area (Å²) in [5.74, 6) is -0.787. The molecule has 38 heavy (non-hydrogen) atoms. The fourth-order valence-corrected chi connectivity index (χ4v) is 4.99. The van der Waals surface area contributed by atoms with Gasteiger partial charge in [-0.05, 0) is 62.7 Å². The van der Waals surface area contributed by atoms with Crippen molar-refractivity contribution in [3.8, 4) is 0 Å². The quantitative estimate of drug-likeness (QED) is 0.353. The Morgan fingerprint density at radius 3 is 2.53 bits per heavy atom. The van der Waals surface area contributed by atoms with Crippen molar-refractivity contribution in [1.29, 1.82) is 0 Å². The number of hydrazine groups is 1. The highest BCUT2D eigenvalue weighted by Crippen LogP contribution is 2.28. The molecule has 10 nitrogen and oxygen atoms in total. The standard InChI is InChI=1S/C27H31N5O5S/c1-27(2,3)37-25(35)29-21(15-17-16-28-20-12-8-7-11-19(17)20)23(33)30-31-26(36)38-22-13-14-32(24(22)34)18-9-5-4-6-10-18/h4-12,16,21-22,28H,13-15H2,1-3H3,(H,29,35)(H,30,33)(H,31,36)/t21-,22?/m0/s1. The number of hydrogen-bond acceptors (Lipinski definition) is 6. The fourth-order valence-electron chi connectivity index (χ4n) is 4.17. The van der Waals surface area contributed by atoms with E-state index in [-0.39, 0.29) is 12.3 Å². The highest BCUT2D eigenvalue weighted by Gasteiger charge is 2.35. The number of amides is 4. The number of nitrogens with one attached hydrogen (secondary N) is 4. The third-order valence-electron chi connectivity index (χ3n) is 5.87. The van der Waals surface area contributed by atoms with E-state index in [4.69, 9.17) is 4.74 Å². The normalized spacial score (nSPS) is 16.2. The number of hydrogen-bond donors (Lipinski definition) is 4. The molecule has 1 unspecified atom stereocenters. The van der Waals surface area contributed by atoms with Gasteiger partial charge in [-0.15, -0.1) is 0 Å². The molecule has 4 rings (SSSR count). The lowest BCUT2D eigenvalue weighted by atomic mass is 10.0. The van der Waals surface area contributed by atoms with Crippen LogP contribution in [0.25, 0.3) is 10.9 Å². The van der Waals surface area contributed by atoms with Crippen LogP contribution in [0.15, 0.2) is 60.8 Å². The number of H-pyrrole nitrogens is 1. The molecule has 0 aliphatic carbocycles. The van der Waals surface area contributed by atoms with Crippen molar-refractivity contribution < 1.29 is 23.9 Å². The van der Waals surface area contributed by atoms with Crippen LogP contribution in [0.4, 0.5) is 15.3 Å². The number of anilines is 1. The topological polar surface area (TPSA) is 133 Å². The molecular weight excluding hydrogens is 506 g/mol. The zero-order chi connectivity index (χ0) is 27.3. The lowest BCUT2D eigenvalue weighted by Gasteiger charge is -2.23. The average molecular weight is 538 g/mol. The fraction of sp³-hybridized carbons (Fsp3) is 0.333. The van der Waals surface area contributed by atoms with E-state index in [2.05, 4.69) is 21.2 Å². The summed E-state index contributed by atoms with van der Waals surface area (Å²) >= 11 is 0.823. The van der Waals surface area contributed by atoms with Crippen LogP contribution in [-0.2, 0) is 20.7 Å². The Balaban J connectivity index is 1.37.